The molecule has 0 spiro atoms. The third-order valence-corrected chi connectivity index (χ3v) is 1.89. The van der Waals surface area contributed by atoms with E-state index in [1.165, 1.54) is 0 Å². The Morgan fingerprint density at radius 1 is 1.47 bits per heavy atom. The Kier molecular flexibility index (Phi) is 3.75. The zero-order valence-corrected chi connectivity index (χ0v) is 9.19. The van der Waals surface area contributed by atoms with Crippen molar-refractivity contribution in [2.45, 2.75) is 0 Å². The second-order valence-electron chi connectivity index (χ2n) is 3.35. The lowest BCUT2D eigenvalue weighted by Crippen LogP contribution is -2.02. The van der Waals surface area contributed by atoms with Crippen LogP contribution >= 0.6 is 0 Å². The highest BCUT2D eigenvalue weighted by Crippen LogP contribution is 2.19. The van der Waals surface area contributed by atoms with Gasteiger partial charge in [0, 0.05) is 20.3 Å². The van der Waals surface area contributed by atoms with Crippen molar-refractivity contribution in [1.29, 1.82) is 5.26 Å². The molecule has 0 N–H and O–H groups in total. The Morgan fingerprint density at radius 3 is 2.73 bits per heavy atom. The standard InChI is InChI=1S/C12H14N2O/c1-14(2)9-11(8-13)10-5-4-6-12(7-10)15-3/h4-7,9H,1-3H3. The summed E-state index contributed by atoms with van der Waals surface area (Å²) < 4.78 is 5.10. The van der Waals surface area contributed by atoms with Crippen molar-refractivity contribution < 1.29 is 4.74 Å². The van der Waals surface area contributed by atoms with Gasteiger partial charge in [-0.25, -0.2) is 0 Å². The summed E-state index contributed by atoms with van der Waals surface area (Å²) >= 11 is 0. The summed E-state index contributed by atoms with van der Waals surface area (Å²) in [4.78, 5) is 1.85. The Balaban J connectivity index is 3.09. The van der Waals surface area contributed by atoms with Gasteiger partial charge in [-0.15, -0.1) is 0 Å². The SMILES string of the molecule is COc1cccc(C(C#N)=CN(C)C)c1. The summed E-state index contributed by atoms with van der Waals surface area (Å²) in [6.45, 7) is 0. The number of nitrogens with zero attached hydrogens (tertiary/aromatic N) is 2. The van der Waals surface area contributed by atoms with Crippen molar-refractivity contribution in [3.63, 3.8) is 0 Å². The number of hydrogen-bond acceptors (Lipinski definition) is 3. The van der Waals surface area contributed by atoms with Crippen LogP contribution in [-0.4, -0.2) is 26.1 Å². The van der Waals surface area contributed by atoms with Gasteiger partial charge in [0.25, 0.3) is 0 Å². The van der Waals surface area contributed by atoms with Crippen LogP contribution in [0.1, 0.15) is 5.56 Å². The molecular formula is C12H14N2O. The van der Waals surface area contributed by atoms with E-state index < -0.39 is 0 Å². The smallest absolute Gasteiger partial charge is 0.119 e. The molecule has 0 bridgehead atoms. The first-order valence-corrected chi connectivity index (χ1v) is 4.60. The molecule has 0 heterocycles. The van der Waals surface area contributed by atoms with E-state index in [0.29, 0.717) is 5.57 Å². The van der Waals surface area contributed by atoms with Gasteiger partial charge in [-0.3, -0.25) is 0 Å². The van der Waals surface area contributed by atoms with Gasteiger partial charge in [-0.1, -0.05) is 12.1 Å². The summed E-state index contributed by atoms with van der Waals surface area (Å²) in [6, 6.07) is 9.63. The lowest BCUT2D eigenvalue weighted by Gasteiger charge is -2.07. The predicted molar refractivity (Wildman–Crippen MR) is 60.3 cm³/mol. The number of methoxy groups -OCH3 is 1. The highest BCUT2D eigenvalue weighted by atomic mass is 16.5. The van der Waals surface area contributed by atoms with Gasteiger partial charge < -0.3 is 9.64 Å². The molecule has 1 rings (SSSR count). The van der Waals surface area contributed by atoms with Gasteiger partial charge >= 0.3 is 0 Å². The summed E-state index contributed by atoms with van der Waals surface area (Å²) in [5, 5.41) is 9.01. The molecule has 0 aliphatic carbocycles. The number of nitriles is 1. The fourth-order valence-corrected chi connectivity index (χ4v) is 1.22. The molecule has 3 heteroatoms. The minimum absolute atomic E-state index is 0.624. The molecule has 0 fully saturated rings. The second-order valence-corrected chi connectivity index (χ2v) is 3.35. The highest BCUT2D eigenvalue weighted by Gasteiger charge is 2.02. The van der Waals surface area contributed by atoms with Gasteiger partial charge in [0.1, 0.15) is 11.8 Å². The summed E-state index contributed by atoms with van der Waals surface area (Å²) in [5.74, 6) is 0.757. The van der Waals surface area contributed by atoms with Crippen LogP contribution in [0.2, 0.25) is 0 Å². The van der Waals surface area contributed by atoms with E-state index in [1.807, 2.05) is 43.3 Å². The molecule has 0 amide bonds. The minimum Gasteiger partial charge on any atom is -0.497 e. The quantitative estimate of drug-likeness (QED) is 0.704. The normalized spacial score (nSPS) is 10.7. The number of ether oxygens (including phenoxy) is 1. The molecule has 0 atom stereocenters. The molecule has 0 saturated heterocycles. The molecule has 15 heavy (non-hydrogen) atoms. The number of rotatable bonds is 3. The minimum atomic E-state index is 0.624. The van der Waals surface area contributed by atoms with Crippen LogP contribution in [-0.2, 0) is 0 Å². The molecule has 0 aliphatic rings. The maximum atomic E-state index is 9.01. The molecule has 1 aromatic carbocycles. The Labute approximate surface area is 90.2 Å². The van der Waals surface area contributed by atoms with Crippen molar-refractivity contribution in [3.05, 3.63) is 36.0 Å². The molecular weight excluding hydrogens is 188 g/mol. The van der Waals surface area contributed by atoms with Crippen LogP contribution in [0.4, 0.5) is 0 Å². The van der Waals surface area contributed by atoms with Gasteiger partial charge in [-0.05, 0) is 17.7 Å². The van der Waals surface area contributed by atoms with E-state index in [1.54, 1.807) is 13.3 Å². The van der Waals surface area contributed by atoms with Crippen LogP contribution in [0.25, 0.3) is 5.57 Å². The van der Waals surface area contributed by atoms with Crippen LogP contribution in [0.3, 0.4) is 0 Å². The van der Waals surface area contributed by atoms with Crippen molar-refractivity contribution in [3.8, 4) is 11.8 Å². The predicted octanol–water partition coefficient (Wildman–Crippen LogP) is 2.12. The van der Waals surface area contributed by atoms with E-state index in [-0.39, 0.29) is 0 Å². The number of benzene rings is 1. The monoisotopic (exact) mass is 202 g/mol. The zero-order chi connectivity index (χ0) is 11.3. The van der Waals surface area contributed by atoms with Crippen LogP contribution in [0.5, 0.6) is 5.75 Å². The van der Waals surface area contributed by atoms with Crippen molar-refractivity contribution in [2.24, 2.45) is 0 Å². The van der Waals surface area contributed by atoms with Gasteiger partial charge in [0.2, 0.25) is 0 Å². The molecule has 78 valence electrons. The van der Waals surface area contributed by atoms with E-state index >= 15 is 0 Å². The summed E-state index contributed by atoms with van der Waals surface area (Å²) in [6.07, 6.45) is 1.79. The van der Waals surface area contributed by atoms with E-state index in [0.717, 1.165) is 11.3 Å². The number of allylic oxidation sites excluding steroid dienone is 1. The fourth-order valence-electron chi connectivity index (χ4n) is 1.22. The van der Waals surface area contributed by atoms with E-state index in [2.05, 4.69) is 6.07 Å². The Morgan fingerprint density at radius 2 is 2.20 bits per heavy atom. The third kappa shape index (κ3) is 3.03. The average Bonchev–Trinajstić information content (AvgIpc) is 2.25. The molecule has 1 aromatic rings. The van der Waals surface area contributed by atoms with Crippen molar-refractivity contribution in [2.75, 3.05) is 21.2 Å². The zero-order valence-electron chi connectivity index (χ0n) is 9.19. The fraction of sp³-hybridized carbons (Fsp3) is 0.250. The van der Waals surface area contributed by atoms with Gasteiger partial charge in [0.15, 0.2) is 0 Å². The molecule has 0 aromatic heterocycles. The maximum Gasteiger partial charge on any atom is 0.119 e. The summed E-state index contributed by atoms with van der Waals surface area (Å²) in [5.41, 5.74) is 1.49. The highest BCUT2D eigenvalue weighted by molar-refractivity contribution is 5.76. The largest absolute Gasteiger partial charge is 0.497 e. The Hall–Kier alpha value is -1.95. The van der Waals surface area contributed by atoms with Gasteiger partial charge in [-0.2, -0.15) is 5.26 Å². The molecule has 0 aliphatic heterocycles. The van der Waals surface area contributed by atoms with Crippen LogP contribution < -0.4 is 4.74 Å². The van der Waals surface area contributed by atoms with Crippen molar-refractivity contribution in [1.82, 2.24) is 4.90 Å². The first kappa shape index (κ1) is 11.1. The third-order valence-electron chi connectivity index (χ3n) is 1.89. The maximum absolute atomic E-state index is 9.01. The molecule has 3 nitrogen and oxygen atoms in total. The second kappa shape index (κ2) is 5.06. The lowest BCUT2D eigenvalue weighted by molar-refractivity contribution is 0.414. The van der Waals surface area contributed by atoms with E-state index in [4.69, 9.17) is 10.00 Å². The average molecular weight is 202 g/mol. The first-order chi connectivity index (χ1) is 7.17. The molecule has 0 unspecified atom stereocenters. The van der Waals surface area contributed by atoms with Gasteiger partial charge in [0.05, 0.1) is 12.7 Å². The lowest BCUT2D eigenvalue weighted by atomic mass is 10.1. The first-order valence-electron chi connectivity index (χ1n) is 4.60. The van der Waals surface area contributed by atoms with Crippen LogP contribution in [0.15, 0.2) is 30.5 Å². The van der Waals surface area contributed by atoms with Crippen molar-refractivity contribution >= 4 is 5.57 Å². The van der Waals surface area contributed by atoms with Crippen LogP contribution in [0, 0.1) is 11.3 Å². The van der Waals surface area contributed by atoms with E-state index in [9.17, 15) is 0 Å². The Bertz CT molecular complexity index is 402. The topological polar surface area (TPSA) is 36.3 Å². The molecule has 0 radical (unpaired) electrons. The summed E-state index contributed by atoms with van der Waals surface area (Å²) in [7, 11) is 5.38. The number of hydrogen-bond donors (Lipinski definition) is 0. The molecule has 0 saturated carbocycles.